The predicted octanol–water partition coefficient (Wildman–Crippen LogP) is 2.90. The van der Waals surface area contributed by atoms with Gasteiger partial charge in [-0.3, -0.25) is 4.79 Å². The molecule has 0 saturated carbocycles. The summed E-state index contributed by atoms with van der Waals surface area (Å²) >= 11 is 1.63. The highest BCUT2D eigenvalue weighted by molar-refractivity contribution is 7.09. The summed E-state index contributed by atoms with van der Waals surface area (Å²) in [6.07, 6.45) is 0.653. The number of rotatable bonds is 2. The molecular formula is C14H14N2OS. The first-order chi connectivity index (χ1) is 8.59. The quantitative estimate of drug-likeness (QED) is 0.900. The number of thiazole rings is 1. The number of aromatic nitrogens is 1. The van der Waals surface area contributed by atoms with E-state index >= 15 is 0 Å². The molecule has 0 spiro atoms. The fourth-order valence-electron chi connectivity index (χ4n) is 2.48. The second-order valence-corrected chi connectivity index (χ2v) is 5.93. The SMILES string of the molecule is Cc1nc(CC2(C)C(=O)Nc3ccccc32)cs1. The van der Waals surface area contributed by atoms with E-state index in [1.807, 2.05) is 43.5 Å². The van der Waals surface area contributed by atoms with Gasteiger partial charge in [-0.2, -0.15) is 0 Å². The van der Waals surface area contributed by atoms with Crippen LogP contribution in [0.4, 0.5) is 5.69 Å². The summed E-state index contributed by atoms with van der Waals surface area (Å²) in [6, 6.07) is 7.89. The molecule has 3 nitrogen and oxygen atoms in total. The lowest BCUT2D eigenvalue weighted by Gasteiger charge is -2.20. The molecule has 1 aliphatic heterocycles. The summed E-state index contributed by atoms with van der Waals surface area (Å²) in [7, 11) is 0. The van der Waals surface area contributed by atoms with E-state index < -0.39 is 5.41 Å². The molecule has 0 aliphatic carbocycles. The molecule has 1 unspecified atom stereocenters. The van der Waals surface area contributed by atoms with Crippen LogP contribution in [0, 0.1) is 6.92 Å². The number of carbonyl (C=O) groups is 1. The van der Waals surface area contributed by atoms with Crippen molar-refractivity contribution >= 4 is 22.9 Å². The maximum absolute atomic E-state index is 12.2. The Morgan fingerprint density at radius 1 is 1.39 bits per heavy atom. The summed E-state index contributed by atoms with van der Waals surface area (Å²) in [5, 5.41) is 6.03. The van der Waals surface area contributed by atoms with Crippen molar-refractivity contribution in [1.29, 1.82) is 0 Å². The molecule has 2 aromatic rings. The maximum Gasteiger partial charge on any atom is 0.235 e. The van der Waals surface area contributed by atoms with E-state index in [2.05, 4.69) is 10.3 Å². The van der Waals surface area contributed by atoms with Crippen molar-refractivity contribution in [2.75, 3.05) is 5.32 Å². The Morgan fingerprint density at radius 2 is 2.17 bits per heavy atom. The average molecular weight is 258 g/mol. The molecule has 4 heteroatoms. The minimum atomic E-state index is -0.503. The minimum absolute atomic E-state index is 0.0642. The monoisotopic (exact) mass is 258 g/mol. The molecule has 2 heterocycles. The average Bonchev–Trinajstić information content (AvgIpc) is 2.84. The number of fused-ring (bicyclic) bond motifs is 1. The van der Waals surface area contributed by atoms with Crippen molar-refractivity contribution in [2.45, 2.75) is 25.7 Å². The van der Waals surface area contributed by atoms with Gasteiger partial charge in [-0.1, -0.05) is 18.2 Å². The van der Waals surface area contributed by atoms with Gasteiger partial charge in [-0.25, -0.2) is 4.98 Å². The Kier molecular flexibility index (Phi) is 2.48. The summed E-state index contributed by atoms with van der Waals surface area (Å²) in [6.45, 7) is 3.97. The molecule has 0 bridgehead atoms. The van der Waals surface area contributed by atoms with Crippen LogP contribution in [0.25, 0.3) is 0 Å². The number of carbonyl (C=O) groups excluding carboxylic acids is 1. The normalized spacial score (nSPS) is 21.8. The third-order valence-electron chi connectivity index (χ3n) is 3.47. The van der Waals surface area contributed by atoms with Gasteiger partial charge in [0.1, 0.15) is 0 Å². The van der Waals surface area contributed by atoms with E-state index in [0.717, 1.165) is 22.0 Å². The van der Waals surface area contributed by atoms with E-state index in [1.165, 1.54) is 0 Å². The number of amides is 1. The van der Waals surface area contributed by atoms with Gasteiger partial charge in [0.25, 0.3) is 0 Å². The van der Waals surface area contributed by atoms with Crippen molar-refractivity contribution in [3.05, 3.63) is 45.9 Å². The van der Waals surface area contributed by atoms with Gasteiger partial charge in [0.15, 0.2) is 0 Å². The van der Waals surface area contributed by atoms with E-state index in [9.17, 15) is 4.79 Å². The molecule has 1 aliphatic rings. The molecule has 1 aromatic carbocycles. The highest BCUT2D eigenvalue weighted by Crippen LogP contribution is 2.39. The largest absolute Gasteiger partial charge is 0.325 e. The van der Waals surface area contributed by atoms with Crippen LogP contribution in [-0.4, -0.2) is 10.9 Å². The zero-order valence-corrected chi connectivity index (χ0v) is 11.2. The Bertz CT molecular complexity index is 620. The third kappa shape index (κ3) is 1.64. The lowest BCUT2D eigenvalue weighted by Crippen LogP contribution is -2.33. The zero-order valence-electron chi connectivity index (χ0n) is 10.4. The second-order valence-electron chi connectivity index (χ2n) is 4.87. The van der Waals surface area contributed by atoms with Crippen molar-refractivity contribution < 1.29 is 4.79 Å². The molecule has 0 fully saturated rings. The first kappa shape index (κ1) is 11.4. The smallest absolute Gasteiger partial charge is 0.235 e. The van der Waals surface area contributed by atoms with Gasteiger partial charge >= 0.3 is 0 Å². The molecule has 1 amide bonds. The number of hydrogen-bond acceptors (Lipinski definition) is 3. The van der Waals surface area contributed by atoms with Crippen LogP contribution in [0.1, 0.15) is 23.2 Å². The number of hydrogen-bond donors (Lipinski definition) is 1. The van der Waals surface area contributed by atoms with Gasteiger partial charge in [-0.15, -0.1) is 11.3 Å². The highest BCUT2D eigenvalue weighted by atomic mass is 32.1. The standard InChI is InChI=1S/C14H14N2OS/c1-9-15-10(8-18-9)7-14(2)11-5-3-4-6-12(11)16-13(14)17/h3-6,8H,7H2,1-2H3,(H,16,17). The van der Waals surface area contributed by atoms with Crippen LogP contribution in [-0.2, 0) is 16.6 Å². The van der Waals surface area contributed by atoms with Crippen LogP contribution in [0.3, 0.4) is 0 Å². The fourth-order valence-corrected chi connectivity index (χ4v) is 3.10. The van der Waals surface area contributed by atoms with E-state index in [1.54, 1.807) is 11.3 Å². The van der Waals surface area contributed by atoms with Gasteiger partial charge < -0.3 is 5.32 Å². The summed E-state index contributed by atoms with van der Waals surface area (Å²) < 4.78 is 0. The number of nitrogens with one attached hydrogen (secondary N) is 1. The van der Waals surface area contributed by atoms with Crippen LogP contribution in [0.15, 0.2) is 29.6 Å². The predicted molar refractivity (Wildman–Crippen MR) is 73.0 cm³/mol. The molecule has 3 rings (SSSR count). The topological polar surface area (TPSA) is 42.0 Å². The van der Waals surface area contributed by atoms with Crippen LogP contribution >= 0.6 is 11.3 Å². The number of para-hydroxylation sites is 1. The molecule has 0 saturated heterocycles. The van der Waals surface area contributed by atoms with Crippen LogP contribution in [0.2, 0.25) is 0 Å². The van der Waals surface area contributed by atoms with Crippen LogP contribution in [0.5, 0.6) is 0 Å². The third-order valence-corrected chi connectivity index (χ3v) is 4.29. The highest BCUT2D eigenvalue weighted by Gasteiger charge is 2.42. The summed E-state index contributed by atoms with van der Waals surface area (Å²) in [5.74, 6) is 0.0642. The molecule has 18 heavy (non-hydrogen) atoms. The maximum atomic E-state index is 12.2. The minimum Gasteiger partial charge on any atom is -0.325 e. The van der Waals surface area contributed by atoms with Gasteiger partial charge in [0.05, 0.1) is 16.1 Å². The molecular weight excluding hydrogens is 244 g/mol. The number of nitrogens with zero attached hydrogens (tertiary/aromatic N) is 1. The summed E-state index contributed by atoms with van der Waals surface area (Å²) in [4.78, 5) is 16.7. The number of anilines is 1. The Labute approximate surface area is 110 Å². The molecule has 0 radical (unpaired) electrons. The summed E-state index contributed by atoms with van der Waals surface area (Å²) in [5.41, 5.74) is 2.49. The zero-order chi connectivity index (χ0) is 12.8. The Morgan fingerprint density at radius 3 is 2.89 bits per heavy atom. The Hall–Kier alpha value is -1.68. The number of aryl methyl sites for hydroxylation is 1. The molecule has 1 atom stereocenters. The van der Waals surface area contributed by atoms with Crippen molar-refractivity contribution in [3.63, 3.8) is 0 Å². The Balaban J connectivity index is 2.01. The fraction of sp³-hybridized carbons (Fsp3) is 0.286. The van der Waals surface area contributed by atoms with E-state index in [4.69, 9.17) is 0 Å². The first-order valence-electron chi connectivity index (χ1n) is 5.91. The molecule has 1 aromatic heterocycles. The van der Waals surface area contributed by atoms with Crippen molar-refractivity contribution in [1.82, 2.24) is 4.98 Å². The lowest BCUT2D eigenvalue weighted by molar-refractivity contribution is -0.120. The van der Waals surface area contributed by atoms with Crippen molar-refractivity contribution in [3.8, 4) is 0 Å². The van der Waals surface area contributed by atoms with E-state index in [0.29, 0.717) is 6.42 Å². The second kappa shape index (κ2) is 3.92. The van der Waals surface area contributed by atoms with E-state index in [-0.39, 0.29) is 5.91 Å². The first-order valence-corrected chi connectivity index (χ1v) is 6.79. The lowest BCUT2D eigenvalue weighted by atomic mass is 9.80. The molecule has 92 valence electrons. The molecule has 1 N–H and O–H groups in total. The van der Waals surface area contributed by atoms with Crippen molar-refractivity contribution in [2.24, 2.45) is 0 Å². The number of benzene rings is 1. The van der Waals surface area contributed by atoms with Gasteiger partial charge in [-0.05, 0) is 25.5 Å². The van der Waals surface area contributed by atoms with Crippen LogP contribution < -0.4 is 5.32 Å². The van der Waals surface area contributed by atoms with Gasteiger partial charge in [0, 0.05) is 17.5 Å². The van der Waals surface area contributed by atoms with Gasteiger partial charge in [0.2, 0.25) is 5.91 Å².